The van der Waals surface area contributed by atoms with Crippen molar-refractivity contribution in [3.8, 4) is 0 Å². The molecule has 18 heavy (non-hydrogen) atoms. The number of carbonyl (C=O) groups is 1. The summed E-state index contributed by atoms with van der Waals surface area (Å²) in [7, 11) is 0. The van der Waals surface area contributed by atoms with Crippen molar-refractivity contribution in [1.82, 2.24) is 5.32 Å². The van der Waals surface area contributed by atoms with E-state index in [0.29, 0.717) is 0 Å². The Morgan fingerprint density at radius 3 is 2.44 bits per heavy atom. The molecule has 0 aromatic rings. The van der Waals surface area contributed by atoms with Gasteiger partial charge in [0.1, 0.15) is 23.9 Å². The van der Waals surface area contributed by atoms with Gasteiger partial charge in [-0.25, -0.2) is 0 Å². The van der Waals surface area contributed by atoms with E-state index in [-0.39, 0.29) is 5.75 Å². The lowest BCUT2D eigenvalue weighted by Gasteiger charge is -2.37. The fraction of sp³-hybridized carbons (Fsp3) is 0.889. The van der Waals surface area contributed by atoms with E-state index < -0.39 is 48.4 Å². The summed E-state index contributed by atoms with van der Waals surface area (Å²) in [5.74, 6) is -0.952. The zero-order valence-corrected chi connectivity index (χ0v) is 10.2. The van der Waals surface area contributed by atoms with Gasteiger partial charge in [-0.2, -0.15) is 0 Å². The minimum atomic E-state index is -2.14. The lowest BCUT2D eigenvalue weighted by Crippen LogP contribution is -2.62. The van der Waals surface area contributed by atoms with Crippen LogP contribution in [0.15, 0.2) is 0 Å². The molecule has 106 valence electrons. The first kappa shape index (κ1) is 15.6. The van der Waals surface area contributed by atoms with Gasteiger partial charge >= 0.3 is 5.97 Å². The van der Waals surface area contributed by atoms with E-state index in [0.717, 1.165) is 11.8 Å². The number of aliphatic hydroxyl groups excluding tert-OH is 4. The van der Waals surface area contributed by atoms with Gasteiger partial charge in [0.25, 0.3) is 0 Å². The van der Waals surface area contributed by atoms with Gasteiger partial charge in [0.05, 0.1) is 18.6 Å². The molecule has 9 heteroatoms. The molecule has 0 aromatic carbocycles. The minimum absolute atomic E-state index is 0.157. The van der Waals surface area contributed by atoms with Crippen LogP contribution in [0.4, 0.5) is 0 Å². The van der Waals surface area contributed by atoms with Crippen molar-refractivity contribution in [2.45, 2.75) is 29.2 Å². The second-order valence-electron chi connectivity index (χ2n) is 4.11. The number of aliphatic carboxylic acids is 1. The van der Waals surface area contributed by atoms with Crippen molar-refractivity contribution in [2.75, 3.05) is 19.0 Å². The molecule has 0 saturated carbocycles. The molecule has 0 aromatic heterocycles. The summed E-state index contributed by atoms with van der Waals surface area (Å²) >= 11 is 1.01. The third-order valence-electron chi connectivity index (χ3n) is 2.85. The standard InChI is InChI=1S/C9H17NO7S/c11-1-5(13)6(14)9(17,3-12)8-10-4(2-18-8)7(15)16/h4-6,8,10-14,17H,1-3H2,(H,15,16)/t4?,5-,6-,8?,9+/m1/s1. The molecule has 1 aliphatic heterocycles. The summed E-state index contributed by atoms with van der Waals surface area (Å²) in [6.45, 7) is -1.68. The first-order valence-electron chi connectivity index (χ1n) is 5.27. The highest BCUT2D eigenvalue weighted by Crippen LogP contribution is 2.31. The van der Waals surface area contributed by atoms with Gasteiger partial charge in [-0.1, -0.05) is 0 Å². The Morgan fingerprint density at radius 1 is 1.44 bits per heavy atom. The molecule has 8 nitrogen and oxygen atoms in total. The van der Waals surface area contributed by atoms with Crippen LogP contribution in [0.3, 0.4) is 0 Å². The number of rotatable bonds is 6. The Hall–Kier alpha value is -0.420. The molecule has 1 fully saturated rings. The van der Waals surface area contributed by atoms with Crippen molar-refractivity contribution in [2.24, 2.45) is 0 Å². The maximum atomic E-state index is 10.8. The van der Waals surface area contributed by atoms with Crippen LogP contribution in [0.5, 0.6) is 0 Å². The lowest BCUT2D eigenvalue weighted by molar-refractivity contribution is -0.158. The fourth-order valence-corrected chi connectivity index (χ4v) is 3.05. The first-order chi connectivity index (χ1) is 8.36. The summed E-state index contributed by atoms with van der Waals surface area (Å²) in [5.41, 5.74) is -2.14. The van der Waals surface area contributed by atoms with Crippen molar-refractivity contribution in [3.05, 3.63) is 0 Å². The second-order valence-corrected chi connectivity index (χ2v) is 5.25. The van der Waals surface area contributed by atoms with Crippen molar-refractivity contribution < 1.29 is 35.4 Å². The van der Waals surface area contributed by atoms with Crippen LogP contribution in [-0.4, -0.2) is 84.8 Å². The SMILES string of the molecule is O=C(O)C1CSC([C@](O)(CO)[C@H](O)[C@H](O)CO)N1. The Labute approximate surface area is 107 Å². The van der Waals surface area contributed by atoms with Gasteiger partial charge in [0.2, 0.25) is 0 Å². The molecule has 0 radical (unpaired) electrons. The summed E-state index contributed by atoms with van der Waals surface area (Å²) in [6.07, 6.45) is -3.43. The highest BCUT2D eigenvalue weighted by Gasteiger charge is 2.50. The minimum Gasteiger partial charge on any atom is -0.480 e. The van der Waals surface area contributed by atoms with E-state index in [1.54, 1.807) is 0 Å². The molecule has 5 atom stereocenters. The molecule has 1 saturated heterocycles. The molecule has 0 amide bonds. The summed E-state index contributed by atoms with van der Waals surface area (Å²) in [4.78, 5) is 10.8. The molecule has 2 unspecified atom stereocenters. The van der Waals surface area contributed by atoms with Crippen LogP contribution >= 0.6 is 11.8 Å². The monoisotopic (exact) mass is 283 g/mol. The highest BCUT2D eigenvalue weighted by molar-refractivity contribution is 8.00. The molecule has 0 bridgehead atoms. The van der Waals surface area contributed by atoms with E-state index in [4.69, 9.17) is 10.2 Å². The summed E-state index contributed by atoms with van der Waals surface area (Å²) in [5, 5.41) is 57.4. The van der Waals surface area contributed by atoms with E-state index >= 15 is 0 Å². The molecule has 1 rings (SSSR count). The Morgan fingerprint density at radius 2 is 2.06 bits per heavy atom. The van der Waals surface area contributed by atoms with Crippen LogP contribution in [-0.2, 0) is 4.79 Å². The number of carboxylic acid groups (broad SMARTS) is 1. The molecule has 0 aliphatic carbocycles. The van der Waals surface area contributed by atoms with Crippen LogP contribution in [0.2, 0.25) is 0 Å². The van der Waals surface area contributed by atoms with Crippen LogP contribution < -0.4 is 5.32 Å². The molecule has 1 aliphatic rings. The Kier molecular flexibility index (Phi) is 5.34. The molecular formula is C9H17NO7S. The van der Waals surface area contributed by atoms with Crippen molar-refractivity contribution >= 4 is 17.7 Å². The predicted molar refractivity (Wildman–Crippen MR) is 61.9 cm³/mol. The van der Waals surface area contributed by atoms with Crippen molar-refractivity contribution in [3.63, 3.8) is 0 Å². The van der Waals surface area contributed by atoms with Crippen LogP contribution in [0, 0.1) is 0 Å². The Bertz CT molecular complexity index is 305. The molecule has 0 spiro atoms. The van der Waals surface area contributed by atoms with E-state index in [1.165, 1.54) is 0 Å². The molecule has 7 N–H and O–H groups in total. The van der Waals surface area contributed by atoms with E-state index in [9.17, 15) is 25.2 Å². The van der Waals surface area contributed by atoms with Gasteiger partial charge < -0.3 is 30.6 Å². The number of thioether (sulfide) groups is 1. The maximum absolute atomic E-state index is 10.8. The lowest BCUT2D eigenvalue weighted by atomic mass is 9.92. The predicted octanol–water partition coefficient (Wildman–Crippen LogP) is -3.46. The topological polar surface area (TPSA) is 150 Å². The van der Waals surface area contributed by atoms with Gasteiger partial charge in [0, 0.05) is 5.75 Å². The van der Waals surface area contributed by atoms with E-state index in [1.807, 2.05) is 0 Å². The van der Waals surface area contributed by atoms with Gasteiger partial charge in [-0.05, 0) is 0 Å². The normalized spacial score (nSPS) is 30.7. The zero-order chi connectivity index (χ0) is 13.9. The van der Waals surface area contributed by atoms with E-state index in [2.05, 4.69) is 5.32 Å². The smallest absolute Gasteiger partial charge is 0.321 e. The third-order valence-corrected chi connectivity index (χ3v) is 4.25. The zero-order valence-electron chi connectivity index (χ0n) is 9.43. The second kappa shape index (κ2) is 6.15. The maximum Gasteiger partial charge on any atom is 0.321 e. The third kappa shape index (κ3) is 2.94. The average Bonchev–Trinajstić information content (AvgIpc) is 2.86. The van der Waals surface area contributed by atoms with Gasteiger partial charge in [-0.3, -0.25) is 10.1 Å². The van der Waals surface area contributed by atoms with Crippen molar-refractivity contribution in [1.29, 1.82) is 0 Å². The molecule has 1 heterocycles. The first-order valence-corrected chi connectivity index (χ1v) is 6.32. The molecular weight excluding hydrogens is 266 g/mol. The quantitative estimate of drug-likeness (QED) is 0.264. The Balaban J connectivity index is 2.79. The number of carboxylic acids is 1. The highest BCUT2D eigenvalue weighted by atomic mass is 32.2. The number of hydrogen-bond donors (Lipinski definition) is 7. The number of nitrogens with one attached hydrogen (secondary N) is 1. The average molecular weight is 283 g/mol. The van der Waals surface area contributed by atoms with Gasteiger partial charge in [0.15, 0.2) is 0 Å². The summed E-state index contributed by atoms with van der Waals surface area (Å²) < 4.78 is 0. The van der Waals surface area contributed by atoms with Crippen LogP contribution in [0.1, 0.15) is 0 Å². The summed E-state index contributed by atoms with van der Waals surface area (Å²) in [6, 6.07) is -0.906. The van der Waals surface area contributed by atoms with Gasteiger partial charge in [-0.15, -0.1) is 11.8 Å². The fourth-order valence-electron chi connectivity index (χ4n) is 1.67. The number of aliphatic hydroxyl groups is 5. The largest absolute Gasteiger partial charge is 0.480 e. The van der Waals surface area contributed by atoms with Crippen LogP contribution in [0.25, 0.3) is 0 Å². The number of hydrogen-bond acceptors (Lipinski definition) is 8.